The van der Waals surface area contributed by atoms with E-state index in [4.69, 9.17) is 0 Å². The number of hydrogen-bond acceptors (Lipinski definition) is 2. The first-order chi connectivity index (χ1) is 8.20. The van der Waals surface area contributed by atoms with Crippen molar-refractivity contribution in [3.63, 3.8) is 0 Å². The lowest BCUT2D eigenvalue weighted by molar-refractivity contribution is -0.140. The molecule has 2 aliphatic rings. The molecule has 2 rings (SSSR count). The maximum absolute atomic E-state index is 12.4. The third-order valence-corrected chi connectivity index (χ3v) is 4.14. The van der Waals surface area contributed by atoms with Crippen LogP contribution in [0.2, 0.25) is 0 Å². The Balaban J connectivity index is 2.07. The van der Waals surface area contributed by atoms with E-state index in [9.17, 15) is 4.79 Å². The fraction of sp³-hybridized carbons (Fsp3) is 0.929. The Morgan fingerprint density at radius 3 is 2.35 bits per heavy atom. The zero-order chi connectivity index (χ0) is 12.3. The van der Waals surface area contributed by atoms with Gasteiger partial charge in [0.2, 0.25) is 5.91 Å². The predicted octanol–water partition coefficient (Wildman–Crippen LogP) is 2.17. The van der Waals surface area contributed by atoms with Crippen LogP contribution in [0.1, 0.15) is 52.4 Å². The molecule has 17 heavy (non-hydrogen) atoms. The van der Waals surface area contributed by atoms with Crippen molar-refractivity contribution >= 4 is 5.91 Å². The average Bonchev–Trinajstić information content (AvgIpc) is 2.84. The van der Waals surface area contributed by atoms with Gasteiger partial charge in [0, 0.05) is 24.5 Å². The number of carbonyl (C=O) groups is 1. The van der Waals surface area contributed by atoms with Crippen LogP contribution in [-0.2, 0) is 4.79 Å². The second kappa shape index (κ2) is 5.85. The molecule has 1 amide bonds. The van der Waals surface area contributed by atoms with Gasteiger partial charge in [-0.05, 0) is 25.8 Å². The quantitative estimate of drug-likeness (QED) is 0.817. The molecule has 1 heterocycles. The summed E-state index contributed by atoms with van der Waals surface area (Å²) in [5.41, 5.74) is 0. The molecular formula is C14H26N2O. The Labute approximate surface area is 105 Å². The zero-order valence-electron chi connectivity index (χ0n) is 11.2. The number of carbonyl (C=O) groups excluding carboxylic acids is 1. The molecule has 1 N–H and O–H groups in total. The van der Waals surface area contributed by atoms with Crippen molar-refractivity contribution in [3.8, 4) is 0 Å². The number of rotatable bonds is 3. The van der Waals surface area contributed by atoms with Crippen LogP contribution >= 0.6 is 0 Å². The molecule has 1 unspecified atom stereocenters. The molecule has 3 heteroatoms. The fourth-order valence-corrected chi connectivity index (χ4v) is 3.19. The predicted molar refractivity (Wildman–Crippen MR) is 69.8 cm³/mol. The third-order valence-electron chi connectivity index (χ3n) is 4.14. The smallest absolute Gasteiger partial charge is 0.225 e. The molecule has 0 radical (unpaired) electrons. The van der Waals surface area contributed by atoms with Crippen molar-refractivity contribution in [3.05, 3.63) is 0 Å². The van der Waals surface area contributed by atoms with E-state index in [1.165, 1.54) is 32.1 Å². The molecule has 2 fully saturated rings. The molecule has 1 saturated heterocycles. The topological polar surface area (TPSA) is 32.3 Å². The summed E-state index contributed by atoms with van der Waals surface area (Å²) in [6.45, 7) is 6.12. The summed E-state index contributed by atoms with van der Waals surface area (Å²) in [7, 11) is 0. The van der Waals surface area contributed by atoms with E-state index in [0.717, 1.165) is 19.5 Å². The van der Waals surface area contributed by atoms with E-state index in [0.29, 0.717) is 18.0 Å². The highest BCUT2D eigenvalue weighted by molar-refractivity contribution is 5.78. The second-order valence-corrected chi connectivity index (χ2v) is 5.84. The monoisotopic (exact) mass is 238 g/mol. The number of nitrogens with zero attached hydrogens (tertiary/aromatic N) is 1. The van der Waals surface area contributed by atoms with Crippen LogP contribution in [0.25, 0.3) is 0 Å². The molecule has 1 aliphatic heterocycles. The summed E-state index contributed by atoms with van der Waals surface area (Å²) in [6, 6.07) is 0.969. The van der Waals surface area contributed by atoms with Gasteiger partial charge in [0.25, 0.3) is 0 Å². The van der Waals surface area contributed by atoms with E-state index < -0.39 is 0 Å². The molecule has 0 aromatic heterocycles. The number of nitrogens with one attached hydrogen (secondary N) is 1. The van der Waals surface area contributed by atoms with Crippen molar-refractivity contribution in [2.75, 3.05) is 13.1 Å². The summed E-state index contributed by atoms with van der Waals surface area (Å²) >= 11 is 0. The molecule has 1 atom stereocenters. The highest BCUT2D eigenvalue weighted by Gasteiger charge is 2.33. The summed E-state index contributed by atoms with van der Waals surface area (Å²) in [5.74, 6) is 0.503. The van der Waals surface area contributed by atoms with Crippen LogP contribution in [0.3, 0.4) is 0 Å². The van der Waals surface area contributed by atoms with Gasteiger partial charge >= 0.3 is 0 Å². The minimum absolute atomic E-state index is 0.137. The van der Waals surface area contributed by atoms with Crippen LogP contribution in [-0.4, -0.2) is 36.0 Å². The molecule has 1 aliphatic carbocycles. The second-order valence-electron chi connectivity index (χ2n) is 5.84. The van der Waals surface area contributed by atoms with Gasteiger partial charge in [-0.25, -0.2) is 0 Å². The Hall–Kier alpha value is -0.570. The van der Waals surface area contributed by atoms with Crippen molar-refractivity contribution in [2.24, 2.45) is 5.92 Å². The molecular weight excluding hydrogens is 212 g/mol. The maximum Gasteiger partial charge on any atom is 0.225 e. The highest BCUT2D eigenvalue weighted by Crippen LogP contribution is 2.27. The lowest BCUT2D eigenvalue weighted by Gasteiger charge is -2.39. The van der Waals surface area contributed by atoms with Gasteiger partial charge in [-0.3, -0.25) is 4.79 Å². The molecule has 0 spiro atoms. The zero-order valence-corrected chi connectivity index (χ0v) is 11.2. The fourth-order valence-electron chi connectivity index (χ4n) is 3.19. The molecule has 0 aromatic rings. The largest absolute Gasteiger partial charge is 0.335 e. The Kier molecular flexibility index (Phi) is 4.43. The third kappa shape index (κ3) is 3.01. The van der Waals surface area contributed by atoms with Crippen molar-refractivity contribution in [1.82, 2.24) is 10.2 Å². The normalized spacial score (nSPS) is 26.4. The van der Waals surface area contributed by atoms with E-state index in [-0.39, 0.29) is 5.92 Å². The lowest BCUT2D eigenvalue weighted by atomic mass is 9.92. The van der Waals surface area contributed by atoms with Crippen LogP contribution in [0.4, 0.5) is 0 Å². The van der Waals surface area contributed by atoms with E-state index in [2.05, 4.69) is 10.2 Å². The maximum atomic E-state index is 12.4. The van der Waals surface area contributed by atoms with Crippen LogP contribution in [0, 0.1) is 5.92 Å². The van der Waals surface area contributed by atoms with E-state index in [1.807, 2.05) is 13.8 Å². The number of amides is 1. The van der Waals surface area contributed by atoms with Crippen molar-refractivity contribution in [1.29, 1.82) is 0 Å². The van der Waals surface area contributed by atoms with Crippen molar-refractivity contribution < 1.29 is 4.79 Å². The van der Waals surface area contributed by atoms with Crippen LogP contribution in [0.15, 0.2) is 0 Å². The number of hydrogen-bond donors (Lipinski definition) is 1. The van der Waals surface area contributed by atoms with Gasteiger partial charge in [-0.1, -0.05) is 33.1 Å². The minimum atomic E-state index is 0.137. The van der Waals surface area contributed by atoms with E-state index in [1.54, 1.807) is 0 Å². The van der Waals surface area contributed by atoms with Gasteiger partial charge < -0.3 is 10.2 Å². The van der Waals surface area contributed by atoms with Gasteiger partial charge in [0.15, 0.2) is 0 Å². The molecule has 0 aromatic carbocycles. The SMILES string of the molecule is CC(C)C(=O)N(C1CCCCC1)C1CCNC1. The van der Waals surface area contributed by atoms with Crippen LogP contribution in [0.5, 0.6) is 0 Å². The van der Waals surface area contributed by atoms with Gasteiger partial charge in [-0.15, -0.1) is 0 Å². The Morgan fingerprint density at radius 2 is 1.82 bits per heavy atom. The molecule has 98 valence electrons. The first-order valence-electron chi connectivity index (χ1n) is 7.23. The standard InChI is InChI=1S/C14H26N2O/c1-11(2)14(17)16(13-8-9-15-10-13)12-6-4-3-5-7-12/h11-13,15H,3-10H2,1-2H3. The first kappa shape index (κ1) is 12.9. The summed E-state index contributed by atoms with van der Waals surface area (Å²) in [6.07, 6.45) is 7.52. The Bertz CT molecular complexity index is 253. The average molecular weight is 238 g/mol. The minimum Gasteiger partial charge on any atom is -0.335 e. The van der Waals surface area contributed by atoms with Gasteiger partial charge in [-0.2, -0.15) is 0 Å². The highest BCUT2D eigenvalue weighted by atomic mass is 16.2. The summed E-state index contributed by atoms with van der Waals surface area (Å²) in [5, 5.41) is 3.39. The summed E-state index contributed by atoms with van der Waals surface area (Å²) in [4.78, 5) is 14.7. The molecule has 3 nitrogen and oxygen atoms in total. The van der Waals surface area contributed by atoms with Crippen molar-refractivity contribution in [2.45, 2.75) is 64.5 Å². The van der Waals surface area contributed by atoms with Gasteiger partial charge in [0.05, 0.1) is 0 Å². The van der Waals surface area contributed by atoms with Gasteiger partial charge in [0.1, 0.15) is 0 Å². The first-order valence-corrected chi connectivity index (χ1v) is 7.23. The lowest BCUT2D eigenvalue weighted by Crippen LogP contribution is -2.50. The molecule has 0 bridgehead atoms. The Morgan fingerprint density at radius 1 is 1.12 bits per heavy atom. The van der Waals surface area contributed by atoms with Crippen LogP contribution < -0.4 is 5.32 Å². The molecule has 1 saturated carbocycles. The van der Waals surface area contributed by atoms with E-state index >= 15 is 0 Å². The summed E-state index contributed by atoms with van der Waals surface area (Å²) < 4.78 is 0.